The summed E-state index contributed by atoms with van der Waals surface area (Å²) in [5.74, 6) is -0.961. The lowest BCUT2D eigenvalue weighted by Gasteiger charge is -2.20. The van der Waals surface area contributed by atoms with Crippen LogP contribution in [0.25, 0.3) is 6.08 Å². The summed E-state index contributed by atoms with van der Waals surface area (Å²) in [6, 6.07) is 6.38. The second-order valence-electron chi connectivity index (χ2n) is 5.23. The Morgan fingerprint density at radius 1 is 1.40 bits per heavy atom. The minimum atomic E-state index is -3.63. The quantitative estimate of drug-likeness (QED) is 0.919. The van der Waals surface area contributed by atoms with E-state index in [2.05, 4.69) is 6.58 Å². The van der Waals surface area contributed by atoms with Gasteiger partial charge in [0, 0.05) is 13.1 Å². The molecule has 1 aliphatic rings. The molecule has 0 aliphatic carbocycles. The van der Waals surface area contributed by atoms with Crippen LogP contribution in [-0.2, 0) is 14.8 Å². The lowest BCUT2D eigenvalue weighted by atomic mass is 9.90. The van der Waals surface area contributed by atoms with Gasteiger partial charge in [0.05, 0.1) is 10.3 Å². The number of aliphatic carboxylic acids is 1. The van der Waals surface area contributed by atoms with E-state index in [0.29, 0.717) is 6.42 Å². The highest BCUT2D eigenvalue weighted by Gasteiger charge is 2.44. The summed E-state index contributed by atoms with van der Waals surface area (Å²) in [4.78, 5) is 11.4. The molecule has 0 radical (unpaired) electrons. The summed E-state index contributed by atoms with van der Waals surface area (Å²) < 4.78 is 26.1. The van der Waals surface area contributed by atoms with Gasteiger partial charge in [-0.3, -0.25) is 4.79 Å². The molecule has 1 fully saturated rings. The number of carboxylic acids is 1. The lowest BCUT2D eigenvalue weighted by molar-refractivity contribution is -0.146. The summed E-state index contributed by atoms with van der Waals surface area (Å²) in [6.07, 6.45) is 1.96. The highest BCUT2D eigenvalue weighted by Crippen LogP contribution is 2.33. The van der Waals surface area contributed by atoms with Gasteiger partial charge < -0.3 is 5.11 Å². The van der Waals surface area contributed by atoms with Crippen molar-refractivity contribution in [3.63, 3.8) is 0 Å². The van der Waals surface area contributed by atoms with Gasteiger partial charge in [0.2, 0.25) is 10.0 Å². The van der Waals surface area contributed by atoms with E-state index in [1.54, 1.807) is 25.1 Å². The zero-order chi connectivity index (χ0) is 15.0. The summed E-state index contributed by atoms with van der Waals surface area (Å²) in [5.41, 5.74) is -0.172. The van der Waals surface area contributed by atoms with Crippen LogP contribution >= 0.6 is 0 Å². The van der Waals surface area contributed by atoms with Gasteiger partial charge >= 0.3 is 5.97 Å². The van der Waals surface area contributed by atoms with Crippen LogP contribution in [0.4, 0.5) is 0 Å². The van der Waals surface area contributed by atoms with E-state index < -0.39 is 21.4 Å². The molecule has 108 valence electrons. The largest absolute Gasteiger partial charge is 0.481 e. The molecule has 20 heavy (non-hydrogen) atoms. The van der Waals surface area contributed by atoms with Gasteiger partial charge in [-0.25, -0.2) is 8.42 Å². The molecule has 1 aliphatic heterocycles. The topological polar surface area (TPSA) is 74.7 Å². The summed E-state index contributed by atoms with van der Waals surface area (Å²) in [6.45, 7) is 5.43. The molecule has 2 rings (SSSR count). The molecule has 1 N–H and O–H groups in total. The Kier molecular flexibility index (Phi) is 3.71. The second kappa shape index (κ2) is 5.03. The van der Waals surface area contributed by atoms with Gasteiger partial charge in [0.15, 0.2) is 0 Å². The molecule has 1 atom stereocenters. The number of carbonyl (C=O) groups is 1. The van der Waals surface area contributed by atoms with E-state index in [-0.39, 0.29) is 18.0 Å². The van der Waals surface area contributed by atoms with Crippen molar-refractivity contribution in [2.24, 2.45) is 5.41 Å². The number of hydrogen-bond donors (Lipinski definition) is 1. The first-order valence-electron chi connectivity index (χ1n) is 6.26. The Morgan fingerprint density at radius 3 is 2.45 bits per heavy atom. The molecular formula is C14H17NO4S. The van der Waals surface area contributed by atoms with E-state index in [1.165, 1.54) is 16.4 Å². The summed E-state index contributed by atoms with van der Waals surface area (Å²) >= 11 is 0. The predicted octanol–water partition coefficient (Wildman–Crippen LogP) is 1.81. The highest BCUT2D eigenvalue weighted by molar-refractivity contribution is 7.89. The fraction of sp³-hybridized carbons (Fsp3) is 0.357. The third kappa shape index (κ3) is 2.48. The Labute approximate surface area is 118 Å². The minimum Gasteiger partial charge on any atom is -0.481 e. The van der Waals surface area contributed by atoms with E-state index in [0.717, 1.165) is 5.56 Å². The monoisotopic (exact) mass is 295 g/mol. The van der Waals surface area contributed by atoms with E-state index in [1.807, 2.05) is 0 Å². The van der Waals surface area contributed by atoms with Gasteiger partial charge in [0.25, 0.3) is 0 Å². The van der Waals surface area contributed by atoms with Crippen LogP contribution in [0.1, 0.15) is 18.9 Å². The maximum Gasteiger partial charge on any atom is 0.310 e. The smallest absolute Gasteiger partial charge is 0.310 e. The number of hydrogen-bond acceptors (Lipinski definition) is 3. The molecule has 0 amide bonds. The molecule has 0 aromatic heterocycles. The third-order valence-electron chi connectivity index (χ3n) is 3.71. The van der Waals surface area contributed by atoms with Crippen molar-refractivity contribution in [3.05, 3.63) is 36.4 Å². The van der Waals surface area contributed by atoms with Crippen LogP contribution in [0.3, 0.4) is 0 Å². The Bertz CT molecular complexity index is 636. The molecular weight excluding hydrogens is 278 g/mol. The average molecular weight is 295 g/mol. The first kappa shape index (κ1) is 14.7. The zero-order valence-electron chi connectivity index (χ0n) is 11.2. The molecule has 1 heterocycles. The second-order valence-corrected chi connectivity index (χ2v) is 7.17. The van der Waals surface area contributed by atoms with Crippen LogP contribution in [0.2, 0.25) is 0 Å². The maximum atomic E-state index is 12.5. The van der Waals surface area contributed by atoms with Crippen LogP contribution in [0.5, 0.6) is 0 Å². The number of rotatable bonds is 4. The molecule has 1 saturated heterocycles. The van der Waals surface area contributed by atoms with Crippen molar-refractivity contribution in [2.75, 3.05) is 13.1 Å². The SMILES string of the molecule is C=Cc1ccc(S(=O)(=O)N2CCC(C)(C(=O)O)C2)cc1. The number of benzene rings is 1. The van der Waals surface area contributed by atoms with Crippen molar-refractivity contribution in [3.8, 4) is 0 Å². The molecule has 0 saturated carbocycles. The molecule has 0 spiro atoms. The molecule has 1 aromatic carbocycles. The fourth-order valence-electron chi connectivity index (χ4n) is 2.22. The van der Waals surface area contributed by atoms with Crippen LogP contribution in [0, 0.1) is 5.41 Å². The Balaban J connectivity index is 2.27. The standard InChI is InChI=1S/C14H17NO4S/c1-3-11-4-6-12(7-5-11)20(18,19)15-9-8-14(2,10-15)13(16)17/h3-7H,1,8-10H2,2H3,(H,16,17). The molecule has 1 unspecified atom stereocenters. The molecule has 5 nitrogen and oxygen atoms in total. The number of sulfonamides is 1. The van der Waals surface area contributed by atoms with Crippen LogP contribution in [-0.4, -0.2) is 36.9 Å². The van der Waals surface area contributed by atoms with Gasteiger partial charge in [-0.1, -0.05) is 24.8 Å². The van der Waals surface area contributed by atoms with E-state index in [4.69, 9.17) is 5.11 Å². The summed E-state index contributed by atoms with van der Waals surface area (Å²) in [7, 11) is -3.63. The summed E-state index contributed by atoms with van der Waals surface area (Å²) in [5, 5.41) is 9.16. The predicted molar refractivity (Wildman–Crippen MR) is 75.7 cm³/mol. The van der Waals surface area contributed by atoms with Crippen molar-refractivity contribution in [2.45, 2.75) is 18.2 Å². The fourth-order valence-corrected chi connectivity index (χ4v) is 3.79. The van der Waals surface area contributed by atoms with Crippen molar-refractivity contribution in [1.29, 1.82) is 0 Å². The average Bonchev–Trinajstić information content (AvgIpc) is 2.84. The van der Waals surface area contributed by atoms with Gasteiger partial charge in [-0.15, -0.1) is 0 Å². The molecule has 0 bridgehead atoms. The van der Waals surface area contributed by atoms with Crippen molar-refractivity contribution >= 4 is 22.1 Å². The Morgan fingerprint density at radius 2 is 2.00 bits per heavy atom. The zero-order valence-corrected chi connectivity index (χ0v) is 12.1. The maximum absolute atomic E-state index is 12.5. The first-order chi connectivity index (χ1) is 9.29. The van der Waals surface area contributed by atoms with Gasteiger partial charge in [-0.05, 0) is 31.0 Å². The van der Waals surface area contributed by atoms with Crippen LogP contribution < -0.4 is 0 Å². The Hall–Kier alpha value is -1.66. The normalized spacial score (nSPS) is 23.6. The van der Waals surface area contributed by atoms with Gasteiger partial charge in [-0.2, -0.15) is 4.31 Å². The highest BCUT2D eigenvalue weighted by atomic mass is 32.2. The molecule has 6 heteroatoms. The number of nitrogens with zero attached hydrogens (tertiary/aromatic N) is 1. The van der Waals surface area contributed by atoms with Gasteiger partial charge in [0.1, 0.15) is 0 Å². The van der Waals surface area contributed by atoms with Crippen LogP contribution in [0.15, 0.2) is 35.7 Å². The lowest BCUT2D eigenvalue weighted by Crippen LogP contribution is -2.34. The van der Waals surface area contributed by atoms with Crippen molar-refractivity contribution in [1.82, 2.24) is 4.31 Å². The van der Waals surface area contributed by atoms with E-state index in [9.17, 15) is 13.2 Å². The van der Waals surface area contributed by atoms with E-state index >= 15 is 0 Å². The minimum absolute atomic E-state index is 0.00781. The number of carboxylic acid groups (broad SMARTS) is 1. The first-order valence-corrected chi connectivity index (χ1v) is 7.70. The molecule has 1 aromatic rings. The third-order valence-corrected chi connectivity index (χ3v) is 5.57. The van der Waals surface area contributed by atoms with Crippen molar-refractivity contribution < 1.29 is 18.3 Å².